The Labute approximate surface area is 172 Å². The van der Waals surface area contributed by atoms with Gasteiger partial charge in [-0.3, -0.25) is 14.7 Å². The van der Waals surface area contributed by atoms with Crippen molar-refractivity contribution < 1.29 is 14.0 Å². The maximum atomic E-state index is 12.9. The zero-order valence-corrected chi connectivity index (χ0v) is 16.9. The summed E-state index contributed by atoms with van der Waals surface area (Å²) in [7, 11) is 0. The second kappa shape index (κ2) is 8.94. The van der Waals surface area contributed by atoms with Crippen molar-refractivity contribution in [1.82, 2.24) is 20.1 Å². The molecule has 2 fully saturated rings. The Balaban J connectivity index is 1.16. The number of halogens is 1. The van der Waals surface area contributed by atoms with Crippen LogP contribution in [0.3, 0.4) is 0 Å². The third-order valence-electron chi connectivity index (χ3n) is 5.28. The van der Waals surface area contributed by atoms with Crippen LogP contribution >= 0.6 is 11.8 Å². The number of anilines is 1. The number of carbonyl (C=O) groups is 2. The number of likely N-dealkylation sites (tertiary alicyclic amines) is 1. The molecule has 2 aromatic rings. The average molecular weight is 418 g/mol. The summed E-state index contributed by atoms with van der Waals surface area (Å²) in [6, 6.07) is 5.60. The summed E-state index contributed by atoms with van der Waals surface area (Å²) in [6.07, 6.45) is 4.12. The first-order valence-electron chi connectivity index (χ1n) is 9.91. The Morgan fingerprint density at radius 2 is 1.83 bits per heavy atom. The minimum atomic E-state index is -0.349. The van der Waals surface area contributed by atoms with Gasteiger partial charge in [-0.15, -0.1) is 11.8 Å². The first-order valence-corrected chi connectivity index (χ1v) is 11.1. The standard InChI is InChI=1S/C20H24FN5O2S/c21-15-3-5-16(6-4-15)22-17(27)11-29-12-18(28)26-9-7-14(8-10-26)20-23-19(24-25-20)13-1-2-13/h3-6,13-14H,1-2,7-12H2,(H,22,27)(H,23,24,25). The van der Waals surface area contributed by atoms with E-state index in [2.05, 4.69) is 20.5 Å². The molecular weight excluding hydrogens is 393 g/mol. The molecule has 2 amide bonds. The van der Waals surface area contributed by atoms with E-state index in [0.717, 1.165) is 24.5 Å². The summed E-state index contributed by atoms with van der Waals surface area (Å²) >= 11 is 1.29. The maximum Gasteiger partial charge on any atom is 0.234 e. The largest absolute Gasteiger partial charge is 0.342 e. The van der Waals surface area contributed by atoms with E-state index >= 15 is 0 Å². The van der Waals surface area contributed by atoms with Crippen LogP contribution in [0.1, 0.15) is 49.2 Å². The number of carbonyl (C=O) groups excluding carboxylic acids is 2. The summed E-state index contributed by atoms with van der Waals surface area (Å²) in [5.41, 5.74) is 0.544. The molecule has 1 aliphatic carbocycles. The van der Waals surface area contributed by atoms with Gasteiger partial charge in [-0.05, 0) is 49.9 Å². The van der Waals surface area contributed by atoms with Crippen LogP contribution in [0.5, 0.6) is 0 Å². The lowest BCUT2D eigenvalue weighted by Gasteiger charge is -2.31. The molecule has 0 bridgehead atoms. The Morgan fingerprint density at radius 3 is 2.52 bits per heavy atom. The Morgan fingerprint density at radius 1 is 1.10 bits per heavy atom. The van der Waals surface area contributed by atoms with E-state index < -0.39 is 0 Å². The van der Waals surface area contributed by atoms with Crippen molar-refractivity contribution in [2.24, 2.45) is 0 Å². The predicted molar refractivity (Wildman–Crippen MR) is 109 cm³/mol. The summed E-state index contributed by atoms with van der Waals surface area (Å²) < 4.78 is 12.9. The first kappa shape index (κ1) is 19.9. The highest BCUT2D eigenvalue weighted by Crippen LogP contribution is 2.38. The predicted octanol–water partition coefficient (Wildman–Crippen LogP) is 2.90. The summed E-state index contributed by atoms with van der Waals surface area (Å²) in [4.78, 5) is 30.9. The zero-order chi connectivity index (χ0) is 20.2. The molecule has 0 radical (unpaired) electrons. The van der Waals surface area contributed by atoms with E-state index in [1.54, 1.807) is 0 Å². The van der Waals surface area contributed by atoms with E-state index in [0.29, 0.717) is 30.6 Å². The number of nitrogens with one attached hydrogen (secondary N) is 2. The number of aromatic amines is 1. The summed E-state index contributed by atoms with van der Waals surface area (Å²) in [5.74, 6) is 2.71. The lowest BCUT2D eigenvalue weighted by atomic mass is 9.96. The second-order valence-corrected chi connectivity index (χ2v) is 8.54. The molecular formula is C20H24FN5O2S. The van der Waals surface area contributed by atoms with Gasteiger partial charge >= 0.3 is 0 Å². The number of nitrogens with zero attached hydrogens (tertiary/aromatic N) is 3. The van der Waals surface area contributed by atoms with Gasteiger partial charge in [0.25, 0.3) is 0 Å². The van der Waals surface area contributed by atoms with Crippen molar-refractivity contribution in [3.63, 3.8) is 0 Å². The topological polar surface area (TPSA) is 91.0 Å². The molecule has 154 valence electrons. The molecule has 29 heavy (non-hydrogen) atoms. The number of hydrogen-bond acceptors (Lipinski definition) is 5. The van der Waals surface area contributed by atoms with Crippen LogP contribution < -0.4 is 5.32 Å². The van der Waals surface area contributed by atoms with Crippen LogP contribution in [0.2, 0.25) is 0 Å². The van der Waals surface area contributed by atoms with Crippen LogP contribution in [0.25, 0.3) is 0 Å². The molecule has 1 aliphatic heterocycles. The molecule has 1 aromatic carbocycles. The van der Waals surface area contributed by atoms with Gasteiger partial charge in [-0.1, -0.05) is 0 Å². The van der Waals surface area contributed by atoms with Gasteiger partial charge in [0.2, 0.25) is 11.8 Å². The molecule has 9 heteroatoms. The lowest BCUT2D eigenvalue weighted by Crippen LogP contribution is -2.39. The van der Waals surface area contributed by atoms with Gasteiger partial charge < -0.3 is 10.2 Å². The van der Waals surface area contributed by atoms with Crippen molar-refractivity contribution in [1.29, 1.82) is 0 Å². The van der Waals surface area contributed by atoms with E-state index in [-0.39, 0.29) is 29.1 Å². The highest BCUT2D eigenvalue weighted by molar-refractivity contribution is 8.00. The fourth-order valence-corrected chi connectivity index (χ4v) is 4.17. The minimum Gasteiger partial charge on any atom is -0.342 e. The van der Waals surface area contributed by atoms with Crippen molar-refractivity contribution >= 4 is 29.3 Å². The third kappa shape index (κ3) is 5.35. The summed E-state index contributed by atoms with van der Waals surface area (Å²) in [5, 5.41) is 10.1. The first-order chi connectivity index (χ1) is 14.1. The van der Waals surface area contributed by atoms with Crippen LogP contribution in [0.15, 0.2) is 24.3 Å². The SMILES string of the molecule is O=C(CSCC(=O)N1CCC(c2nc(C3CC3)n[nH]2)CC1)Nc1ccc(F)cc1. The quantitative estimate of drug-likeness (QED) is 0.723. The van der Waals surface area contributed by atoms with Gasteiger partial charge in [-0.25, -0.2) is 9.37 Å². The van der Waals surface area contributed by atoms with Crippen molar-refractivity contribution in [3.05, 3.63) is 41.7 Å². The van der Waals surface area contributed by atoms with Crippen molar-refractivity contribution in [2.75, 3.05) is 29.9 Å². The second-order valence-electron chi connectivity index (χ2n) is 7.56. The normalized spacial score (nSPS) is 17.3. The molecule has 0 unspecified atom stereocenters. The smallest absolute Gasteiger partial charge is 0.234 e. The zero-order valence-electron chi connectivity index (χ0n) is 16.1. The van der Waals surface area contributed by atoms with Crippen LogP contribution in [0, 0.1) is 5.82 Å². The molecule has 2 aliphatic rings. The van der Waals surface area contributed by atoms with E-state index in [4.69, 9.17) is 0 Å². The number of rotatable bonds is 7. The number of benzene rings is 1. The molecule has 1 saturated carbocycles. The lowest BCUT2D eigenvalue weighted by molar-refractivity contribution is -0.129. The number of piperidine rings is 1. The highest BCUT2D eigenvalue weighted by atomic mass is 32.2. The molecule has 1 saturated heterocycles. The van der Waals surface area contributed by atoms with Crippen LogP contribution in [0.4, 0.5) is 10.1 Å². The van der Waals surface area contributed by atoms with E-state index in [1.807, 2.05) is 4.90 Å². The molecule has 4 rings (SSSR count). The van der Waals surface area contributed by atoms with Gasteiger partial charge in [-0.2, -0.15) is 5.10 Å². The number of hydrogen-bond donors (Lipinski definition) is 2. The van der Waals surface area contributed by atoms with Gasteiger partial charge in [0.1, 0.15) is 11.6 Å². The molecule has 7 nitrogen and oxygen atoms in total. The van der Waals surface area contributed by atoms with Gasteiger partial charge in [0.05, 0.1) is 11.5 Å². The molecule has 0 spiro atoms. The van der Waals surface area contributed by atoms with Gasteiger partial charge in [0.15, 0.2) is 5.82 Å². The molecule has 1 aromatic heterocycles. The minimum absolute atomic E-state index is 0.0549. The fourth-order valence-electron chi connectivity index (χ4n) is 3.45. The number of aromatic nitrogens is 3. The molecule has 2 heterocycles. The summed E-state index contributed by atoms with van der Waals surface area (Å²) in [6.45, 7) is 1.40. The Hall–Kier alpha value is -2.42. The van der Waals surface area contributed by atoms with Crippen LogP contribution in [-0.2, 0) is 9.59 Å². The van der Waals surface area contributed by atoms with E-state index in [1.165, 1.54) is 48.9 Å². The molecule has 2 N–H and O–H groups in total. The van der Waals surface area contributed by atoms with Gasteiger partial charge in [0, 0.05) is 30.6 Å². The van der Waals surface area contributed by atoms with Crippen molar-refractivity contribution in [3.8, 4) is 0 Å². The molecule has 0 atom stereocenters. The monoisotopic (exact) mass is 417 g/mol. The van der Waals surface area contributed by atoms with Crippen LogP contribution in [-0.4, -0.2) is 56.5 Å². The van der Waals surface area contributed by atoms with E-state index in [9.17, 15) is 14.0 Å². The fraction of sp³-hybridized carbons (Fsp3) is 0.500. The maximum absolute atomic E-state index is 12.9. The Bertz CT molecular complexity index is 860. The van der Waals surface area contributed by atoms with Crippen molar-refractivity contribution in [2.45, 2.75) is 37.5 Å². The average Bonchev–Trinajstić information content (AvgIpc) is 3.46. The number of amides is 2. The number of H-pyrrole nitrogens is 1. The Kier molecular flexibility index (Phi) is 6.13. The highest BCUT2D eigenvalue weighted by Gasteiger charge is 2.30. The number of thioether (sulfide) groups is 1. The third-order valence-corrected chi connectivity index (χ3v) is 6.20.